The normalized spacial score (nSPS) is 42.1. The Morgan fingerprint density at radius 1 is 1.26 bits per heavy atom. The first-order chi connectivity index (χ1) is 16.0. The second-order valence-corrected chi connectivity index (χ2v) is 12.7. The van der Waals surface area contributed by atoms with E-state index in [1.54, 1.807) is 11.8 Å². The first kappa shape index (κ1) is 27.7. The molecule has 0 aromatic rings. The summed E-state index contributed by atoms with van der Waals surface area (Å²) in [7, 11) is 0. The number of esters is 1. The lowest BCUT2D eigenvalue weighted by Gasteiger charge is -2.61. The van der Waals surface area contributed by atoms with Gasteiger partial charge < -0.3 is 14.7 Å². The van der Waals surface area contributed by atoms with Crippen LogP contribution < -0.4 is 0 Å². The summed E-state index contributed by atoms with van der Waals surface area (Å²) in [5.74, 6) is 1.37. The monoisotopic (exact) mass is 493 g/mol. The molecule has 0 aromatic carbocycles. The molecule has 0 radical (unpaired) electrons. The number of aliphatic hydroxyl groups is 1. The lowest BCUT2D eigenvalue weighted by atomic mass is 9.44. The predicted molar refractivity (Wildman–Crippen MR) is 140 cm³/mol. The highest BCUT2D eigenvalue weighted by Gasteiger charge is 2.68. The number of nitrogens with zero attached hydrogens (tertiary/aromatic N) is 1. The fourth-order valence-electron chi connectivity index (χ4n) is 7.58. The minimum absolute atomic E-state index is 0.00828. The van der Waals surface area contributed by atoms with E-state index in [1.807, 2.05) is 13.0 Å². The van der Waals surface area contributed by atoms with E-state index in [1.165, 1.54) is 0 Å². The van der Waals surface area contributed by atoms with Crippen molar-refractivity contribution in [2.45, 2.75) is 85.9 Å². The Bertz CT molecular complexity index is 770. The Kier molecular flexibility index (Phi) is 8.68. The summed E-state index contributed by atoms with van der Waals surface area (Å²) < 4.78 is 6.30. The number of carbonyl (C=O) groups is 2. The summed E-state index contributed by atoms with van der Waals surface area (Å²) in [6.07, 6.45) is 4.64. The summed E-state index contributed by atoms with van der Waals surface area (Å²) in [6, 6.07) is 0. The molecule has 0 heterocycles. The Morgan fingerprint density at radius 3 is 2.56 bits per heavy atom. The third-order valence-electron chi connectivity index (χ3n) is 10.2. The Labute approximate surface area is 211 Å². The Balaban J connectivity index is 1.88. The van der Waals surface area contributed by atoms with Gasteiger partial charge >= 0.3 is 5.97 Å². The first-order valence-electron chi connectivity index (χ1n) is 13.3. The molecule has 0 spiro atoms. The van der Waals surface area contributed by atoms with E-state index in [4.69, 9.17) is 4.74 Å². The lowest BCUT2D eigenvalue weighted by Crippen LogP contribution is -2.63. The molecule has 0 amide bonds. The molecule has 3 aliphatic rings. The van der Waals surface area contributed by atoms with Crippen LogP contribution >= 0.6 is 11.8 Å². The molecule has 2 bridgehead atoms. The van der Waals surface area contributed by atoms with E-state index in [0.717, 1.165) is 44.6 Å². The Hall–Kier alpha value is -0.850. The molecule has 3 fully saturated rings. The van der Waals surface area contributed by atoms with Gasteiger partial charge in [0.05, 0.1) is 11.9 Å². The third-order valence-corrected chi connectivity index (χ3v) is 11.2. The maximum atomic E-state index is 13.4. The number of Topliss-reactive ketones (excluding diaryl/α,β-unsaturated/α-hetero) is 1. The molecular weight excluding hydrogens is 446 g/mol. The van der Waals surface area contributed by atoms with Gasteiger partial charge in [-0.2, -0.15) is 0 Å². The number of hydrogen-bond acceptors (Lipinski definition) is 6. The van der Waals surface area contributed by atoms with Crippen molar-refractivity contribution in [3.63, 3.8) is 0 Å². The van der Waals surface area contributed by atoms with Crippen molar-refractivity contribution in [2.75, 3.05) is 31.1 Å². The molecule has 0 saturated heterocycles. The number of thioether (sulfide) groups is 1. The van der Waals surface area contributed by atoms with Crippen LogP contribution in [0.1, 0.15) is 73.6 Å². The van der Waals surface area contributed by atoms with Gasteiger partial charge in [-0.3, -0.25) is 9.59 Å². The third kappa shape index (κ3) is 4.64. The van der Waals surface area contributed by atoms with Crippen LogP contribution in [0.3, 0.4) is 0 Å². The van der Waals surface area contributed by atoms with Crippen molar-refractivity contribution < 1.29 is 19.4 Å². The van der Waals surface area contributed by atoms with E-state index in [2.05, 4.69) is 46.1 Å². The maximum absolute atomic E-state index is 13.4. The highest BCUT2D eigenvalue weighted by Crippen LogP contribution is 2.67. The van der Waals surface area contributed by atoms with Crippen molar-refractivity contribution in [3.05, 3.63) is 12.7 Å². The molecule has 3 saturated carbocycles. The summed E-state index contributed by atoms with van der Waals surface area (Å²) in [5, 5.41) is 11.6. The van der Waals surface area contributed by atoms with Crippen LogP contribution in [0.2, 0.25) is 0 Å². The zero-order valence-electron chi connectivity index (χ0n) is 22.3. The van der Waals surface area contributed by atoms with Crippen LogP contribution in [0.4, 0.5) is 0 Å². The number of ether oxygens (including phenoxy) is 1. The second-order valence-electron chi connectivity index (χ2n) is 11.6. The van der Waals surface area contributed by atoms with Crippen molar-refractivity contribution in [1.82, 2.24) is 4.90 Å². The van der Waals surface area contributed by atoms with Gasteiger partial charge in [-0.15, -0.1) is 18.3 Å². The molecule has 6 heteroatoms. The van der Waals surface area contributed by atoms with E-state index in [-0.39, 0.29) is 29.1 Å². The Morgan fingerprint density at radius 2 is 1.94 bits per heavy atom. The molecule has 8 atom stereocenters. The molecular formula is C28H47NO4S. The molecule has 0 unspecified atom stereocenters. The topological polar surface area (TPSA) is 66.8 Å². The van der Waals surface area contributed by atoms with Crippen LogP contribution in [-0.4, -0.2) is 65.1 Å². The molecule has 3 aliphatic carbocycles. The fraction of sp³-hybridized carbons (Fsp3) is 0.857. The number of ketones is 1. The van der Waals surface area contributed by atoms with Crippen LogP contribution in [0.5, 0.6) is 0 Å². The SMILES string of the molecule is C=C[C@@]1(C)C[C@H](OC(=O)CSCCN(CC)CC)[C@]2(C)[C@@H](C)CC[C@@]3(CCC(=O)[C@@H]32)[C@H](C)[C@H]1O. The summed E-state index contributed by atoms with van der Waals surface area (Å²) in [5.41, 5.74) is -1.25. The van der Waals surface area contributed by atoms with Crippen LogP contribution in [0.15, 0.2) is 12.7 Å². The number of aliphatic hydroxyl groups excluding tert-OH is 1. The second kappa shape index (κ2) is 10.6. The van der Waals surface area contributed by atoms with Gasteiger partial charge in [0.1, 0.15) is 11.9 Å². The molecule has 194 valence electrons. The van der Waals surface area contributed by atoms with E-state index < -0.39 is 23.0 Å². The van der Waals surface area contributed by atoms with Crippen molar-refractivity contribution in [3.8, 4) is 0 Å². The number of hydrogen-bond donors (Lipinski definition) is 1. The highest BCUT2D eigenvalue weighted by molar-refractivity contribution is 7.99. The molecule has 3 rings (SSSR count). The summed E-state index contributed by atoms with van der Waals surface area (Å²) in [4.78, 5) is 28.9. The average Bonchev–Trinajstić information content (AvgIpc) is 3.17. The smallest absolute Gasteiger partial charge is 0.316 e. The molecule has 5 nitrogen and oxygen atoms in total. The fourth-order valence-corrected chi connectivity index (χ4v) is 8.35. The minimum Gasteiger partial charge on any atom is -0.461 e. The molecule has 1 N–H and O–H groups in total. The standard InChI is InChI=1S/C28H47NO4S/c1-8-26(6)17-22(33-23(31)18-34-16-15-29(9-2)10-3)27(7)19(4)11-13-28(20(5)25(26)32)14-12-21(30)24(27)28/h8,19-20,22,24-25,32H,1,9-18H2,2-7H3/t19-,20+,22-,24+,25+,26-,27-,28+/m0/s1. The summed E-state index contributed by atoms with van der Waals surface area (Å²) >= 11 is 1.61. The zero-order chi connectivity index (χ0) is 25.3. The minimum atomic E-state index is -0.624. The number of rotatable bonds is 9. The van der Waals surface area contributed by atoms with Gasteiger partial charge in [0.25, 0.3) is 0 Å². The molecule has 0 aliphatic heterocycles. The first-order valence-corrected chi connectivity index (χ1v) is 14.5. The quantitative estimate of drug-likeness (QED) is 0.278. The van der Waals surface area contributed by atoms with E-state index in [0.29, 0.717) is 24.4 Å². The highest BCUT2D eigenvalue weighted by atomic mass is 32.2. The van der Waals surface area contributed by atoms with Crippen LogP contribution in [0, 0.1) is 34.0 Å². The number of carbonyl (C=O) groups excluding carboxylic acids is 2. The zero-order valence-corrected chi connectivity index (χ0v) is 23.1. The van der Waals surface area contributed by atoms with Crippen molar-refractivity contribution >= 4 is 23.5 Å². The summed E-state index contributed by atoms with van der Waals surface area (Å²) in [6.45, 7) is 20.0. The van der Waals surface area contributed by atoms with E-state index in [9.17, 15) is 14.7 Å². The van der Waals surface area contributed by atoms with Gasteiger partial charge in [0.15, 0.2) is 0 Å². The van der Waals surface area contributed by atoms with Gasteiger partial charge in [-0.1, -0.05) is 47.6 Å². The molecule has 0 aromatic heterocycles. The van der Waals surface area contributed by atoms with Gasteiger partial charge in [-0.25, -0.2) is 0 Å². The van der Waals surface area contributed by atoms with Gasteiger partial charge in [0, 0.05) is 35.5 Å². The van der Waals surface area contributed by atoms with Crippen molar-refractivity contribution in [1.29, 1.82) is 0 Å². The van der Waals surface area contributed by atoms with Crippen LogP contribution in [0.25, 0.3) is 0 Å². The predicted octanol–water partition coefficient (Wildman–Crippen LogP) is 4.97. The van der Waals surface area contributed by atoms with Gasteiger partial charge in [0.2, 0.25) is 0 Å². The van der Waals surface area contributed by atoms with E-state index >= 15 is 0 Å². The largest absolute Gasteiger partial charge is 0.461 e. The van der Waals surface area contributed by atoms with Crippen LogP contribution in [-0.2, 0) is 14.3 Å². The van der Waals surface area contributed by atoms with Gasteiger partial charge in [-0.05, 0) is 56.0 Å². The lowest BCUT2D eigenvalue weighted by molar-refractivity contribution is -0.205. The average molecular weight is 494 g/mol. The molecule has 34 heavy (non-hydrogen) atoms. The maximum Gasteiger partial charge on any atom is 0.316 e. The van der Waals surface area contributed by atoms with Crippen molar-refractivity contribution in [2.24, 2.45) is 34.0 Å².